The van der Waals surface area contributed by atoms with Crippen LogP contribution < -0.4 is 5.48 Å². The highest BCUT2D eigenvalue weighted by molar-refractivity contribution is 5.94. The Labute approximate surface area is 87.6 Å². The molecule has 0 atom stereocenters. The second-order valence-electron chi connectivity index (χ2n) is 2.69. The van der Waals surface area contributed by atoms with E-state index in [4.69, 9.17) is 5.21 Å². The topological polar surface area (TPSA) is 136 Å². The standard InChI is InChI=1S/C7H5N3O6/c11-7(8-12)4-1-5(9(13)14)3-6(2-4)10(15)16/h1-3,12H,(H,8,11). The van der Waals surface area contributed by atoms with Gasteiger partial charge in [-0.15, -0.1) is 0 Å². The summed E-state index contributed by atoms with van der Waals surface area (Å²) >= 11 is 0. The first-order valence-electron chi connectivity index (χ1n) is 3.84. The van der Waals surface area contributed by atoms with Crippen molar-refractivity contribution in [3.05, 3.63) is 44.0 Å². The lowest BCUT2D eigenvalue weighted by molar-refractivity contribution is -0.394. The zero-order valence-electron chi connectivity index (χ0n) is 7.61. The number of carbonyl (C=O) groups is 1. The number of hydrogen-bond donors (Lipinski definition) is 2. The highest BCUT2D eigenvalue weighted by atomic mass is 16.6. The third-order valence-electron chi connectivity index (χ3n) is 1.69. The minimum atomic E-state index is -1.06. The van der Waals surface area contributed by atoms with Crippen LogP contribution in [0.5, 0.6) is 0 Å². The smallest absolute Gasteiger partial charge is 0.277 e. The Hall–Kier alpha value is -2.55. The Balaban J connectivity index is 3.35. The van der Waals surface area contributed by atoms with Crippen LogP contribution in [0.15, 0.2) is 18.2 Å². The fourth-order valence-electron chi connectivity index (χ4n) is 1.00. The van der Waals surface area contributed by atoms with Crippen molar-refractivity contribution in [3.8, 4) is 0 Å². The second kappa shape index (κ2) is 4.31. The lowest BCUT2D eigenvalue weighted by Gasteiger charge is -1.99. The fourth-order valence-corrected chi connectivity index (χ4v) is 1.00. The number of hydroxylamine groups is 1. The van der Waals surface area contributed by atoms with Gasteiger partial charge in [0, 0.05) is 12.1 Å². The zero-order valence-corrected chi connectivity index (χ0v) is 7.61. The van der Waals surface area contributed by atoms with Gasteiger partial charge < -0.3 is 0 Å². The molecule has 0 radical (unpaired) electrons. The van der Waals surface area contributed by atoms with Crippen molar-refractivity contribution in [2.24, 2.45) is 0 Å². The van der Waals surface area contributed by atoms with Crippen LogP contribution in [0.4, 0.5) is 11.4 Å². The van der Waals surface area contributed by atoms with Gasteiger partial charge in [-0.2, -0.15) is 0 Å². The van der Waals surface area contributed by atoms with Crippen LogP contribution in [0.1, 0.15) is 10.4 Å². The Morgan fingerprint density at radius 2 is 1.56 bits per heavy atom. The summed E-state index contributed by atoms with van der Waals surface area (Å²) in [6.07, 6.45) is 0. The van der Waals surface area contributed by atoms with E-state index in [-0.39, 0.29) is 5.56 Å². The lowest BCUT2D eigenvalue weighted by atomic mass is 10.1. The monoisotopic (exact) mass is 227 g/mol. The molecule has 2 N–H and O–H groups in total. The molecule has 1 aromatic carbocycles. The van der Waals surface area contributed by atoms with E-state index in [2.05, 4.69) is 0 Å². The summed E-state index contributed by atoms with van der Waals surface area (Å²) < 4.78 is 0. The van der Waals surface area contributed by atoms with Crippen molar-refractivity contribution < 1.29 is 19.8 Å². The quantitative estimate of drug-likeness (QED) is 0.441. The molecule has 9 nitrogen and oxygen atoms in total. The summed E-state index contributed by atoms with van der Waals surface area (Å²) in [5.74, 6) is -1.06. The highest BCUT2D eigenvalue weighted by Gasteiger charge is 2.19. The van der Waals surface area contributed by atoms with Crippen LogP contribution >= 0.6 is 0 Å². The van der Waals surface area contributed by atoms with Gasteiger partial charge in [0.05, 0.1) is 21.5 Å². The normalized spacial score (nSPS) is 9.56. The van der Waals surface area contributed by atoms with Crippen LogP contribution in [0.25, 0.3) is 0 Å². The van der Waals surface area contributed by atoms with Crippen LogP contribution in [-0.4, -0.2) is 21.0 Å². The summed E-state index contributed by atoms with van der Waals surface area (Å²) in [5.41, 5.74) is -0.350. The number of carbonyl (C=O) groups excluding carboxylic acids is 1. The molecule has 1 aromatic rings. The number of hydrogen-bond acceptors (Lipinski definition) is 6. The third-order valence-corrected chi connectivity index (χ3v) is 1.69. The Morgan fingerprint density at radius 3 is 1.88 bits per heavy atom. The van der Waals surface area contributed by atoms with E-state index < -0.39 is 27.1 Å². The maximum absolute atomic E-state index is 11.0. The molecular formula is C7H5N3O6. The molecule has 1 amide bonds. The predicted octanol–water partition coefficient (Wildman–Crippen LogP) is 0.622. The molecule has 0 fully saturated rings. The molecule has 0 saturated heterocycles. The van der Waals surface area contributed by atoms with Crippen LogP contribution in [0.2, 0.25) is 0 Å². The maximum Gasteiger partial charge on any atom is 0.277 e. The molecule has 1 rings (SSSR count). The molecule has 9 heteroatoms. The molecule has 0 aliphatic rings. The van der Waals surface area contributed by atoms with Crippen molar-refractivity contribution in [2.75, 3.05) is 0 Å². The summed E-state index contributed by atoms with van der Waals surface area (Å²) in [5, 5.41) is 29.2. The van der Waals surface area contributed by atoms with Gasteiger partial charge in [-0.05, 0) is 0 Å². The first-order chi connectivity index (χ1) is 7.45. The number of nitrogens with zero attached hydrogens (tertiary/aromatic N) is 2. The number of nitro groups is 2. The van der Waals surface area contributed by atoms with Crippen molar-refractivity contribution >= 4 is 17.3 Å². The second-order valence-corrected chi connectivity index (χ2v) is 2.69. The molecule has 0 aliphatic carbocycles. The molecule has 0 aliphatic heterocycles. The van der Waals surface area contributed by atoms with Gasteiger partial charge in [-0.3, -0.25) is 30.2 Å². The highest BCUT2D eigenvalue weighted by Crippen LogP contribution is 2.22. The average Bonchev–Trinajstić information content (AvgIpc) is 2.27. The minimum absolute atomic E-state index is 0.372. The minimum Gasteiger partial charge on any atom is -0.288 e. The van der Waals surface area contributed by atoms with Crippen LogP contribution in [0, 0.1) is 20.2 Å². The first kappa shape index (κ1) is 11.5. The molecule has 0 bridgehead atoms. The van der Waals surface area contributed by atoms with Gasteiger partial charge in [-0.25, -0.2) is 5.48 Å². The summed E-state index contributed by atoms with van der Waals surface area (Å²) in [6.45, 7) is 0. The van der Waals surface area contributed by atoms with E-state index >= 15 is 0 Å². The molecule has 0 saturated carbocycles. The number of rotatable bonds is 3. The Kier molecular flexibility index (Phi) is 3.11. The van der Waals surface area contributed by atoms with E-state index in [1.807, 2.05) is 0 Å². The van der Waals surface area contributed by atoms with Crippen LogP contribution in [0.3, 0.4) is 0 Å². The van der Waals surface area contributed by atoms with E-state index in [0.29, 0.717) is 6.07 Å². The number of amides is 1. The van der Waals surface area contributed by atoms with Gasteiger partial charge in [-0.1, -0.05) is 0 Å². The number of nitro benzene ring substituents is 2. The fraction of sp³-hybridized carbons (Fsp3) is 0. The number of non-ortho nitro benzene ring substituents is 2. The summed E-state index contributed by atoms with van der Waals surface area (Å²) in [7, 11) is 0. The maximum atomic E-state index is 11.0. The first-order valence-corrected chi connectivity index (χ1v) is 3.84. The molecular weight excluding hydrogens is 222 g/mol. The third kappa shape index (κ3) is 2.27. The van der Waals surface area contributed by atoms with Gasteiger partial charge >= 0.3 is 0 Å². The van der Waals surface area contributed by atoms with Gasteiger partial charge in [0.15, 0.2) is 0 Å². The molecule has 16 heavy (non-hydrogen) atoms. The van der Waals surface area contributed by atoms with Crippen molar-refractivity contribution in [1.29, 1.82) is 0 Å². The zero-order chi connectivity index (χ0) is 12.3. The molecule has 84 valence electrons. The van der Waals surface area contributed by atoms with Crippen molar-refractivity contribution in [2.45, 2.75) is 0 Å². The van der Waals surface area contributed by atoms with Gasteiger partial charge in [0.2, 0.25) is 0 Å². The van der Waals surface area contributed by atoms with Crippen LogP contribution in [-0.2, 0) is 0 Å². The van der Waals surface area contributed by atoms with E-state index in [1.165, 1.54) is 5.48 Å². The number of benzene rings is 1. The van der Waals surface area contributed by atoms with E-state index in [1.54, 1.807) is 0 Å². The van der Waals surface area contributed by atoms with E-state index in [0.717, 1.165) is 12.1 Å². The van der Waals surface area contributed by atoms with Gasteiger partial charge in [0.25, 0.3) is 17.3 Å². The summed E-state index contributed by atoms with van der Waals surface area (Å²) in [6, 6.07) is 2.35. The Bertz CT molecular complexity index is 439. The molecule has 0 unspecified atom stereocenters. The molecule has 0 heterocycles. The lowest BCUT2D eigenvalue weighted by Crippen LogP contribution is -2.18. The van der Waals surface area contributed by atoms with Crippen molar-refractivity contribution in [3.63, 3.8) is 0 Å². The predicted molar refractivity (Wildman–Crippen MR) is 49.0 cm³/mol. The molecule has 0 aromatic heterocycles. The van der Waals surface area contributed by atoms with Gasteiger partial charge in [0.1, 0.15) is 0 Å². The Morgan fingerprint density at radius 1 is 1.12 bits per heavy atom. The largest absolute Gasteiger partial charge is 0.288 e. The summed E-state index contributed by atoms with van der Waals surface area (Å²) in [4.78, 5) is 30.1. The SMILES string of the molecule is O=C(NO)c1cc([N+](=O)[O-])cc([N+](=O)[O-])c1. The molecule has 0 spiro atoms. The average molecular weight is 227 g/mol. The van der Waals surface area contributed by atoms with E-state index in [9.17, 15) is 25.0 Å². The number of nitrogens with one attached hydrogen (secondary N) is 1. The van der Waals surface area contributed by atoms with Crippen molar-refractivity contribution in [1.82, 2.24) is 5.48 Å².